The molecule has 2 aromatic rings. The molecule has 20 heteroatoms. The van der Waals surface area contributed by atoms with Crippen LogP contribution in [0.2, 0.25) is 0 Å². The highest BCUT2D eigenvalue weighted by atomic mass is 16.7. The molecule has 23 atom stereocenters. The zero-order chi connectivity index (χ0) is 53.5. The van der Waals surface area contributed by atoms with Gasteiger partial charge in [0.15, 0.2) is 6.29 Å². The molecule has 9 rings (SSSR count). The number of allylic oxidation sites excluding steroid dienone is 2. The summed E-state index contributed by atoms with van der Waals surface area (Å²) in [6, 6.07) is -0.656. The van der Waals surface area contributed by atoms with Crippen LogP contribution in [0.1, 0.15) is 110 Å². The van der Waals surface area contributed by atoms with Gasteiger partial charge in [0.25, 0.3) is 0 Å². The van der Waals surface area contributed by atoms with Gasteiger partial charge in [-0.25, -0.2) is 9.97 Å². The van der Waals surface area contributed by atoms with E-state index in [-0.39, 0.29) is 43.3 Å². The van der Waals surface area contributed by atoms with Gasteiger partial charge in [-0.3, -0.25) is 9.59 Å². The van der Waals surface area contributed by atoms with Crippen molar-refractivity contribution in [1.82, 2.24) is 30.6 Å². The Morgan fingerprint density at radius 2 is 1.69 bits per heavy atom. The van der Waals surface area contributed by atoms with Crippen molar-refractivity contribution < 1.29 is 65.0 Å². The number of aliphatic carboxylic acids is 1. The normalized spacial score (nSPS) is 46.3. The summed E-state index contributed by atoms with van der Waals surface area (Å²) in [6.45, 7) is 9.82. The van der Waals surface area contributed by atoms with Crippen molar-refractivity contribution in [3.63, 3.8) is 0 Å². The molecule has 23 unspecified atom stereocenters. The molecule has 4 heterocycles. The Morgan fingerprint density at radius 3 is 2.31 bits per heavy atom. The summed E-state index contributed by atoms with van der Waals surface area (Å²) in [5.41, 5.74) is 4.02. The van der Waals surface area contributed by atoms with Crippen LogP contribution in [0.25, 0.3) is 0 Å². The largest absolute Gasteiger partial charge is 0.481 e. The molecular formula is C54H85N7O13. The summed E-state index contributed by atoms with van der Waals surface area (Å²) in [5, 5.41) is 109. The molecule has 2 aliphatic heterocycles. The minimum absolute atomic E-state index is 0.0655. The van der Waals surface area contributed by atoms with Crippen LogP contribution in [0.4, 0.5) is 0 Å². The van der Waals surface area contributed by atoms with Gasteiger partial charge in [-0.15, -0.1) is 0 Å². The minimum atomic E-state index is -1.70. The molecule has 2 aromatic heterocycles. The number of rotatable bonds is 17. The third kappa shape index (κ3) is 8.55. The van der Waals surface area contributed by atoms with Crippen LogP contribution in [0.15, 0.2) is 36.7 Å². The van der Waals surface area contributed by atoms with Gasteiger partial charge in [-0.2, -0.15) is 0 Å². The van der Waals surface area contributed by atoms with E-state index in [1.54, 1.807) is 32.1 Å². The zero-order valence-electron chi connectivity index (χ0n) is 43.9. The van der Waals surface area contributed by atoms with Crippen molar-refractivity contribution in [3.05, 3.63) is 48.1 Å². The molecule has 15 N–H and O–H groups in total. The number of nitrogens with one attached hydrogen (secondary N) is 4. The van der Waals surface area contributed by atoms with Crippen LogP contribution >= 0.6 is 0 Å². The van der Waals surface area contributed by atoms with E-state index in [2.05, 4.69) is 64.3 Å². The lowest BCUT2D eigenvalue weighted by Gasteiger charge is -2.74. The van der Waals surface area contributed by atoms with E-state index < -0.39 is 136 Å². The zero-order valence-corrected chi connectivity index (χ0v) is 43.9. The second-order valence-electron chi connectivity index (χ2n) is 25.3. The number of fused-ring (bicyclic) bond motifs is 7. The molecule has 414 valence electrons. The molecule has 7 aliphatic rings. The van der Waals surface area contributed by atoms with Gasteiger partial charge < -0.3 is 81.8 Å². The van der Waals surface area contributed by atoms with Crippen LogP contribution in [0.5, 0.6) is 0 Å². The van der Waals surface area contributed by atoms with Gasteiger partial charge in [0.05, 0.1) is 56.0 Å². The Balaban J connectivity index is 1.21. The van der Waals surface area contributed by atoms with Crippen LogP contribution < -0.4 is 16.4 Å². The van der Waals surface area contributed by atoms with Crippen LogP contribution in [-0.2, 0) is 25.5 Å². The Labute approximate surface area is 433 Å². The highest BCUT2D eigenvalue weighted by molar-refractivity contribution is 5.82. The Bertz CT molecular complexity index is 2330. The number of carbonyl (C=O) groups is 2. The molecule has 1 amide bonds. The van der Waals surface area contributed by atoms with E-state index in [9.17, 15) is 55.5 Å². The van der Waals surface area contributed by atoms with Crippen LogP contribution in [0.3, 0.4) is 0 Å². The molecule has 0 radical (unpaired) electrons. The smallest absolute Gasteiger partial charge is 0.310 e. The van der Waals surface area contributed by atoms with Gasteiger partial charge in [-0.05, 0) is 128 Å². The number of ether oxygens (including phenoxy) is 2. The SMILES string of the molecule is CNCC(CC(c1cnc[nH]1)C1NC(=O)C(CO)C1CC1C(O)C(OC2OCC(O)C(O)C2O)C(C)(CO)C2CCC3(C)C(CC=C4C5CC(C)(CO)CCC5(C(=O)O)CC(Cc5cnc[nH]5)C43C)C12C)C(N)O. The quantitative estimate of drug-likeness (QED) is 0.0600. The molecule has 4 saturated carbocycles. The Morgan fingerprint density at radius 1 is 0.959 bits per heavy atom. The van der Waals surface area contributed by atoms with Crippen LogP contribution in [-0.4, -0.2) is 167 Å². The molecule has 0 spiro atoms. The third-order valence-corrected chi connectivity index (χ3v) is 22.0. The number of aliphatic hydroxyl groups is 8. The molecule has 74 heavy (non-hydrogen) atoms. The van der Waals surface area contributed by atoms with Crippen molar-refractivity contribution in [2.45, 2.75) is 154 Å². The van der Waals surface area contributed by atoms with E-state index >= 15 is 0 Å². The number of aromatic nitrogens is 4. The van der Waals surface area contributed by atoms with Gasteiger partial charge in [-0.1, -0.05) is 46.3 Å². The lowest BCUT2D eigenvalue weighted by atomic mass is 9.30. The summed E-state index contributed by atoms with van der Waals surface area (Å²) in [6.07, 6.45) is 3.59. The number of hydrogen-bond acceptors (Lipinski definition) is 16. The van der Waals surface area contributed by atoms with Crippen LogP contribution in [0, 0.1) is 79.8 Å². The number of carboxylic acid groups (broad SMARTS) is 1. The number of hydrogen-bond donors (Lipinski definition) is 14. The summed E-state index contributed by atoms with van der Waals surface area (Å²) >= 11 is 0. The maximum atomic E-state index is 14.3. The molecular weight excluding hydrogens is 955 g/mol. The lowest BCUT2D eigenvalue weighted by molar-refractivity contribution is -0.341. The summed E-state index contributed by atoms with van der Waals surface area (Å²) < 4.78 is 12.6. The van der Waals surface area contributed by atoms with E-state index in [1.807, 2.05) is 6.92 Å². The highest BCUT2D eigenvalue weighted by Gasteiger charge is 2.75. The molecule has 5 aliphatic carbocycles. The third-order valence-electron chi connectivity index (χ3n) is 22.0. The second-order valence-corrected chi connectivity index (χ2v) is 25.3. The average molecular weight is 1040 g/mol. The number of H-pyrrole nitrogens is 2. The van der Waals surface area contributed by atoms with Crippen molar-refractivity contribution in [2.24, 2.45) is 85.6 Å². The molecule has 2 saturated heterocycles. The standard InChI is InChI=1S/C54H85N7O13/c1-49(23-63)11-12-54(48(71)72)16-28(14-29-19-57-25-59-29)53(5)33(35(54)17-49)7-8-39-51(53,3)10-9-38-50(2,24-64)44(74-47-43(68)42(67)37(65)22-73-47)41(66)34(52(38,39)4)15-30-32(21-62)46(70)61-40(30)31(36-20-58-26-60-36)13-27(18-56-6)45(55)69/h7,19-20,25-28,30-32,34-35,37-45,47,56,62-69H,8-18,21-24,55H2,1-6H3,(H,57,59)(H,58,60)(H,61,70)(H,71,72). The summed E-state index contributed by atoms with van der Waals surface area (Å²) in [4.78, 5) is 43.6. The van der Waals surface area contributed by atoms with E-state index in [0.29, 0.717) is 70.0 Å². The maximum absolute atomic E-state index is 14.3. The fourth-order valence-corrected chi connectivity index (χ4v) is 17.7. The highest BCUT2D eigenvalue weighted by Crippen LogP contribution is 2.78. The van der Waals surface area contributed by atoms with Crippen molar-refractivity contribution >= 4 is 11.9 Å². The Hall–Kier alpha value is -3.38. The summed E-state index contributed by atoms with van der Waals surface area (Å²) in [5.74, 6) is -5.61. The van der Waals surface area contributed by atoms with Gasteiger partial charge in [0, 0.05) is 60.2 Å². The molecule has 6 fully saturated rings. The van der Waals surface area contributed by atoms with Crippen molar-refractivity contribution in [2.75, 3.05) is 40.0 Å². The number of nitrogens with two attached hydrogens (primary N) is 1. The average Bonchev–Trinajstić information content (AvgIpc) is 4.16. The number of imidazole rings is 2. The second kappa shape index (κ2) is 20.4. The first-order valence-corrected chi connectivity index (χ1v) is 27.1. The first-order valence-electron chi connectivity index (χ1n) is 27.1. The molecule has 20 nitrogen and oxygen atoms in total. The number of aliphatic hydroxyl groups excluding tert-OH is 8. The monoisotopic (exact) mass is 1040 g/mol. The molecule has 0 aromatic carbocycles. The van der Waals surface area contributed by atoms with E-state index in [1.165, 1.54) is 0 Å². The topological polar surface area (TPSA) is 342 Å². The van der Waals surface area contributed by atoms with Crippen molar-refractivity contribution in [3.8, 4) is 0 Å². The summed E-state index contributed by atoms with van der Waals surface area (Å²) in [7, 11) is 1.77. The number of carboxylic acids is 1. The lowest BCUT2D eigenvalue weighted by Crippen LogP contribution is -2.73. The number of aromatic amines is 2. The predicted molar refractivity (Wildman–Crippen MR) is 268 cm³/mol. The first-order chi connectivity index (χ1) is 35.0. The number of amides is 1. The fraction of sp³-hybridized carbons (Fsp3) is 0.815. The molecule has 0 bridgehead atoms. The van der Waals surface area contributed by atoms with Gasteiger partial charge >= 0.3 is 5.97 Å². The minimum Gasteiger partial charge on any atom is -0.481 e. The van der Waals surface area contributed by atoms with E-state index in [0.717, 1.165) is 11.3 Å². The number of carbonyl (C=O) groups excluding carboxylic acids is 1. The Kier molecular flexibility index (Phi) is 15.3. The van der Waals surface area contributed by atoms with Gasteiger partial charge in [0.1, 0.15) is 24.5 Å². The first kappa shape index (κ1) is 55.4. The van der Waals surface area contributed by atoms with Gasteiger partial charge in [0.2, 0.25) is 5.91 Å². The fourth-order valence-electron chi connectivity index (χ4n) is 17.7. The van der Waals surface area contributed by atoms with E-state index in [4.69, 9.17) is 15.2 Å². The van der Waals surface area contributed by atoms with Crippen molar-refractivity contribution in [1.29, 1.82) is 0 Å². The predicted octanol–water partition coefficient (Wildman–Crippen LogP) is 1.15. The number of nitrogens with zero attached hydrogens (tertiary/aromatic N) is 2. The maximum Gasteiger partial charge on any atom is 0.310 e.